The van der Waals surface area contributed by atoms with E-state index in [1.165, 1.54) is 5.56 Å². The van der Waals surface area contributed by atoms with E-state index in [0.29, 0.717) is 17.2 Å². The Morgan fingerprint density at radius 3 is 2.31 bits per heavy atom. The van der Waals surface area contributed by atoms with E-state index in [1.807, 2.05) is 12.1 Å². The number of Topliss-reactive ketones (excluding diaryl/α,β-unsaturated/α-hetero) is 1. The first-order valence-electron chi connectivity index (χ1n) is 5.62. The Kier molecular flexibility index (Phi) is 3.41. The van der Waals surface area contributed by atoms with Crippen molar-refractivity contribution in [2.45, 2.75) is 25.7 Å². The van der Waals surface area contributed by atoms with Crippen LogP contribution in [-0.4, -0.2) is 22.9 Å². The topological polar surface area (TPSA) is 57.5 Å². The third-order valence-corrected chi connectivity index (χ3v) is 3.15. The van der Waals surface area contributed by atoms with Gasteiger partial charge in [0.15, 0.2) is 0 Å². The van der Waals surface area contributed by atoms with Crippen molar-refractivity contribution in [2.24, 2.45) is 5.92 Å². The SMILES string of the molecule is O=C1CC(CCc2ccc(B(O)O)cc2)C1. The number of hydrogen-bond acceptors (Lipinski definition) is 3. The van der Waals surface area contributed by atoms with Crippen LogP contribution in [0.4, 0.5) is 0 Å². The predicted molar refractivity (Wildman–Crippen MR) is 62.3 cm³/mol. The average Bonchev–Trinajstić information content (AvgIpc) is 2.23. The van der Waals surface area contributed by atoms with Gasteiger partial charge in [0.25, 0.3) is 0 Å². The van der Waals surface area contributed by atoms with Crippen LogP contribution >= 0.6 is 0 Å². The van der Waals surface area contributed by atoms with Gasteiger partial charge in [0.1, 0.15) is 5.78 Å². The van der Waals surface area contributed by atoms with Crippen LogP contribution in [0.2, 0.25) is 0 Å². The van der Waals surface area contributed by atoms with Crippen molar-refractivity contribution in [1.29, 1.82) is 0 Å². The molecule has 0 heterocycles. The molecule has 0 saturated heterocycles. The normalized spacial score (nSPS) is 16.0. The third kappa shape index (κ3) is 2.71. The molecule has 1 aliphatic carbocycles. The van der Waals surface area contributed by atoms with Gasteiger partial charge < -0.3 is 10.0 Å². The summed E-state index contributed by atoms with van der Waals surface area (Å²) in [6.45, 7) is 0. The lowest BCUT2D eigenvalue weighted by Gasteiger charge is -2.23. The third-order valence-electron chi connectivity index (χ3n) is 3.15. The second-order valence-corrected chi connectivity index (χ2v) is 4.47. The second-order valence-electron chi connectivity index (χ2n) is 4.47. The highest BCUT2D eigenvalue weighted by Gasteiger charge is 2.25. The van der Waals surface area contributed by atoms with E-state index in [1.54, 1.807) is 12.1 Å². The van der Waals surface area contributed by atoms with Gasteiger partial charge in [-0.2, -0.15) is 0 Å². The molecule has 0 atom stereocenters. The minimum Gasteiger partial charge on any atom is -0.423 e. The largest absolute Gasteiger partial charge is 0.488 e. The first-order chi connectivity index (χ1) is 7.65. The van der Waals surface area contributed by atoms with Gasteiger partial charge in [-0.3, -0.25) is 4.79 Å². The van der Waals surface area contributed by atoms with Crippen LogP contribution in [0.3, 0.4) is 0 Å². The van der Waals surface area contributed by atoms with Crippen molar-refractivity contribution in [1.82, 2.24) is 0 Å². The lowest BCUT2D eigenvalue weighted by Crippen LogP contribution is -2.29. The number of rotatable bonds is 4. The maximum absolute atomic E-state index is 10.8. The van der Waals surface area contributed by atoms with Gasteiger partial charge in [-0.15, -0.1) is 0 Å². The van der Waals surface area contributed by atoms with Crippen molar-refractivity contribution in [3.63, 3.8) is 0 Å². The molecule has 2 rings (SSSR count). The summed E-state index contributed by atoms with van der Waals surface area (Å²) in [6, 6.07) is 7.28. The Bertz CT molecular complexity index is 364. The van der Waals surface area contributed by atoms with E-state index in [4.69, 9.17) is 10.0 Å². The molecule has 3 nitrogen and oxygen atoms in total. The smallest absolute Gasteiger partial charge is 0.423 e. The Hall–Kier alpha value is -1.13. The number of ketones is 1. The summed E-state index contributed by atoms with van der Waals surface area (Å²) in [4.78, 5) is 10.8. The molecule has 0 bridgehead atoms. The van der Waals surface area contributed by atoms with E-state index in [2.05, 4.69) is 0 Å². The van der Waals surface area contributed by atoms with Crippen LogP contribution in [0, 0.1) is 5.92 Å². The van der Waals surface area contributed by atoms with Gasteiger partial charge in [-0.05, 0) is 29.8 Å². The van der Waals surface area contributed by atoms with Crippen LogP contribution in [0.5, 0.6) is 0 Å². The Morgan fingerprint density at radius 1 is 1.19 bits per heavy atom. The molecule has 1 fully saturated rings. The number of aryl methyl sites for hydroxylation is 1. The molecule has 0 aliphatic heterocycles. The van der Waals surface area contributed by atoms with Crippen LogP contribution in [-0.2, 0) is 11.2 Å². The molecular formula is C12H15BO3. The second kappa shape index (κ2) is 4.81. The molecular weight excluding hydrogens is 203 g/mol. The number of carbonyl (C=O) groups is 1. The summed E-state index contributed by atoms with van der Waals surface area (Å²) in [7, 11) is -1.39. The van der Waals surface area contributed by atoms with E-state index >= 15 is 0 Å². The van der Waals surface area contributed by atoms with Crippen LogP contribution < -0.4 is 5.46 Å². The van der Waals surface area contributed by atoms with Crippen molar-refractivity contribution < 1.29 is 14.8 Å². The zero-order chi connectivity index (χ0) is 11.5. The fraction of sp³-hybridized carbons (Fsp3) is 0.417. The summed E-state index contributed by atoms with van der Waals surface area (Å²) in [5, 5.41) is 17.9. The quantitative estimate of drug-likeness (QED) is 0.713. The summed E-state index contributed by atoms with van der Waals surface area (Å²) < 4.78 is 0. The summed E-state index contributed by atoms with van der Waals surface area (Å²) in [5.41, 5.74) is 1.70. The fourth-order valence-corrected chi connectivity index (χ4v) is 2.02. The summed E-state index contributed by atoms with van der Waals surface area (Å²) >= 11 is 0. The van der Waals surface area contributed by atoms with Gasteiger partial charge in [0.2, 0.25) is 0 Å². The summed E-state index contributed by atoms with van der Waals surface area (Å²) in [5.74, 6) is 0.944. The van der Waals surface area contributed by atoms with Gasteiger partial charge in [-0.1, -0.05) is 24.3 Å². The van der Waals surface area contributed by atoms with Gasteiger partial charge in [-0.25, -0.2) is 0 Å². The van der Waals surface area contributed by atoms with Crippen LogP contribution in [0.15, 0.2) is 24.3 Å². The fourth-order valence-electron chi connectivity index (χ4n) is 2.02. The lowest BCUT2D eigenvalue weighted by molar-refractivity contribution is -0.126. The average molecular weight is 218 g/mol. The van der Waals surface area contributed by atoms with E-state index in [0.717, 1.165) is 25.7 Å². The molecule has 0 unspecified atom stereocenters. The molecule has 0 spiro atoms. The van der Waals surface area contributed by atoms with E-state index in [-0.39, 0.29) is 0 Å². The monoisotopic (exact) mass is 218 g/mol. The Balaban J connectivity index is 1.83. The van der Waals surface area contributed by atoms with E-state index in [9.17, 15) is 4.79 Å². The summed E-state index contributed by atoms with van der Waals surface area (Å²) in [6.07, 6.45) is 3.49. The zero-order valence-corrected chi connectivity index (χ0v) is 9.10. The highest BCUT2D eigenvalue weighted by atomic mass is 16.4. The van der Waals surface area contributed by atoms with Crippen molar-refractivity contribution in [3.05, 3.63) is 29.8 Å². The van der Waals surface area contributed by atoms with Gasteiger partial charge in [0.05, 0.1) is 0 Å². The molecule has 0 radical (unpaired) electrons. The molecule has 1 aliphatic rings. The molecule has 4 heteroatoms. The molecule has 1 aromatic carbocycles. The highest BCUT2D eigenvalue weighted by Crippen LogP contribution is 2.27. The molecule has 1 aromatic rings. The zero-order valence-electron chi connectivity index (χ0n) is 9.10. The Morgan fingerprint density at radius 2 is 1.81 bits per heavy atom. The Labute approximate surface area is 95.3 Å². The minimum atomic E-state index is -1.39. The minimum absolute atomic E-state index is 0.378. The molecule has 0 amide bonds. The van der Waals surface area contributed by atoms with Crippen molar-refractivity contribution in [3.8, 4) is 0 Å². The lowest BCUT2D eigenvalue weighted by atomic mass is 9.78. The molecule has 16 heavy (non-hydrogen) atoms. The maximum atomic E-state index is 10.8. The van der Waals surface area contributed by atoms with Crippen LogP contribution in [0.25, 0.3) is 0 Å². The van der Waals surface area contributed by atoms with Gasteiger partial charge in [0, 0.05) is 12.8 Å². The number of hydrogen-bond donors (Lipinski definition) is 2. The van der Waals surface area contributed by atoms with E-state index < -0.39 is 7.12 Å². The standard InChI is InChI=1S/C12H15BO3/c14-12-7-10(8-12)2-1-9-3-5-11(6-4-9)13(15)16/h3-6,10,15-16H,1-2,7-8H2. The highest BCUT2D eigenvalue weighted by molar-refractivity contribution is 6.58. The van der Waals surface area contributed by atoms with Gasteiger partial charge >= 0.3 is 7.12 Å². The molecule has 2 N–H and O–H groups in total. The first-order valence-corrected chi connectivity index (χ1v) is 5.62. The first kappa shape index (κ1) is 11.4. The number of carbonyl (C=O) groups excluding carboxylic acids is 1. The van der Waals surface area contributed by atoms with Crippen LogP contribution in [0.1, 0.15) is 24.8 Å². The molecule has 0 aromatic heterocycles. The number of benzene rings is 1. The maximum Gasteiger partial charge on any atom is 0.488 e. The predicted octanol–water partition coefficient (Wildman–Crippen LogP) is 0.278. The van der Waals surface area contributed by atoms with Crippen molar-refractivity contribution >= 4 is 18.4 Å². The molecule has 1 saturated carbocycles. The molecule has 84 valence electrons. The van der Waals surface area contributed by atoms with Crippen molar-refractivity contribution in [2.75, 3.05) is 0 Å².